The maximum atomic E-state index is 14.3. The number of ether oxygens (including phenoxy) is 2. The average Bonchev–Trinajstić information content (AvgIpc) is 0.763. The number of aliphatic hydroxyl groups is 2. The Morgan fingerprint density at radius 1 is 0.453 bits per heavy atom. The number of likely N-dealkylation sites (tertiary alicyclic amines) is 2. The molecule has 2 amide bonds. The van der Waals surface area contributed by atoms with E-state index in [9.17, 15) is 39.3 Å². The highest BCUT2D eigenvalue weighted by atomic mass is 127. The molecular formula is C78H103Cl2IN4O10. The lowest BCUT2D eigenvalue weighted by molar-refractivity contribution is -0.950. The third-order valence-corrected chi connectivity index (χ3v) is 21.0. The van der Waals surface area contributed by atoms with Crippen LogP contribution in [-0.2, 0) is 55.5 Å². The van der Waals surface area contributed by atoms with Crippen LogP contribution < -0.4 is 29.1 Å². The molecule has 0 aromatic heterocycles. The molecule has 2 saturated heterocycles. The van der Waals surface area contributed by atoms with E-state index in [2.05, 4.69) is 0 Å². The highest BCUT2D eigenvalue weighted by molar-refractivity contribution is 6.30. The maximum absolute atomic E-state index is 14.3. The molecule has 6 aromatic carbocycles. The highest BCUT2D eigenvalue weighted by Gasteiger charge is 2.51. The second-order valence-corrected chi connectivity index (χ2v) is 29.3. The van der Waals surface area contributed by atoms with Gasteiger partial charge in [-0.15, -0.1) is 0 Å². The third-order valence-electron chi connectivity index (χ3n) is 20.5. The first-order chi connectivity index (χ1) is 44.3. The van der Waals surface area contributed by atoms with Crippen molar-refractivity contribution in [3.05, 3.63) is 213 Å². The van der Waals surface area contributed by atoms with E-state index in [0.29, 0.717) is 116 Å². The van der Waals surface area contributed by atoms with Crippen LogP contribution in [0.15, 0.2) is 170 Å². The number of rotatable bonds is 24. The van der Waals surface area contributed by atoms with Crippen molar-refractivity contribution >= 4 is 52.9 Å². The highest BCUT2D eigenvalue weighted by Crippen LogP contribution is 2.44. The van der Waals surface area contributed by atoms with Gasteiger partial charge in [-0.05, 0) is 105 Å². The summed E-state index contributed by atoms with van der Waals surface area (Å²) in [6.45, 7) is 20.6. The van der Waals surface area contributed by atoms with Crippen molar-refractivity contribution in [2.45, 2.75) is 142 Å². The second-order valence-electron chi connectivity index (χ2n) is 28.4. The lowest BCUT2D eigenvalue weighted by atomic mass is 9.70. The van der Waals surface area contributed by atoms with Gasteiger partial charge in [0.25, 0.3) is 0 Å². The van der Waals surface area contributed by atoms with Gasteiger partial charge in [0.05, 0.1) is 50.1 Å². The number of aliphatic carboxylic acids is 1. The van der Waals surface area contributed by atoms with Gasteiger partial charge >= 0.3 is 11.9 Å². The number of likely N-dealkylation sites (N-methyl/N-ethyl adjacent to an activating group) is 2. The van der Waals surface area contributed by atoms with Gasteiger partial charge < -0.3 is 63.4 Å². The first-order valence-electron chi connectivity index (χ1n) is 33.1. The van der Waals surface area contributed by atoms with Crippen molar-refractivity contribution in [1.29, 1.82) is 0 Å². The van der Waals surface area contributed by atoms with Crippen LogP contribution in [0.1, 0.15) is 153 Å². The zero-order chi connectivity index (χ0) is 69.4. The standard InChI is InChI=1S/2C36H46ClN2O4.C6H12O2.HI/c2*1-6-34(2,3)33(41)43-27-39(24-21-35(42,22-25-39)28-17-19-31(37)20-18-28)26-23-36(32(40)38(4)5,29-13-9-7-10-14-29)30-15-11-8-12-16-30;1-4-6(2,3)5(7)8;/h2*7-20,42H,6,21-27H2,1-5H3;4H2,1-3H3,(H,7,8);1H/q2*+1;;/p-2. The van der Waals surface area contributed by atoms with Gasteiger partial charge in [-0.3, -0.25) is 28.1 Å². The molecule has 516 valence electrons. The summed E-state index contributed by atoms with van der Waals surface area (Å²) in [6.07, 6.45) is 4.95. The molecule has 0 atom stereocenters. The Balaban J connectivity index is 0.000000305. The smallest absolute Gasteiger partial charge is 0.315 e. The van der Waals surface area contributed by atoms with Crippen LogP contribution in [0.2, 0.25) is 10.0 Å². The van der Waals surface area contributed by atoms with Crippen LogP contribution in [0, 0.1) is 16.2 Å². The molecule has 2 aliphatic rings. The van der Waals surface area contributed by atoms with Crippen molar-refractivity contribution in [1.82, 2.24) is 9.80 Å². The van der Waals surface area contributed by atoms with E-state index < -0.39 is 44.2 Å². The zero-order valence-electron chi connectivity index (χ0n) is 58.3. The van der Waals surface area contributed by atoms with Gasteiger partial charge in [0, 0.05) is 88.1 Å². The number of amides is 2. The van der Waals surface area contributed by atoms with E-state index in [1.807, 2.05) is 194 Å². The quantitative estimate of drug-likeness (QED) is 0.0337. The van der Waals surface area contributed by atoms with Crippen LogP contribution >= 0.6 is 23.2 Å². The SMILES string of the molecule is CCC(C)(C)C(=O)OC[N+]1(CCC(C(=O)N(C)C)(c2ccccc2)c2ccccc2)CCC(O)(c2ccc(Cl)cc2)CC1.CCC(C)(C)C(=O)OC[N+]1(CCC(C(=O)N(C)C)(c2ccccc2)c2ccccc2)CCC(O)(c2ccc(Cl)cc2)CC1.CCC(C)(C)C(=O)[O-].[I-]. The van der Waals surface area contributed by atoms with Gasteiger partial charge in [0.2, 0.25) is 25.3 Å². The van der Waals surface area contributed by atoms with E-state index in [1.165, 1.54) is 0 Å². The Hall–Kier alpha value is -6.18. The van der Waals surface area contributed by atoms with Gasteiger partial charge in [0.1, 0.15) is 22.0 Å². The Labute approximate surface area is 593 Å². The molecule has 17 heteroatoms. The molecule has 2 N–H and O–H groups in total. The molecular weight excluding hydrogens is 1350 g/mol. The third kappa shape index (κ3) is 19.4. The number of hydrogen-bond acceptors (Lipinski definition) is 10. The number of benzene rings is 6. The molecule has 0 aliphatic carbocycles. The number of nitrogens with zero attached hydrogens (tertiary/aromatic N) is 4. The number of hydrogen-bond donors (Lipinski definition) is 2. The van der Waals surface area contributed by atoms with Crippen molar-refractivity contribution in [3.63, 3.8) is 0 Å². The fourth-order valence-corrected chi connectivity index (χ4v) is 12.6. The topological polar surface area (TPSA) is 174 Å². The van der Waals surface area contributed by atoms with Crippen molar-refractivity contribution in [2.75, 3.05) is 80.9 Å². The second kappa shape index (κ2) is 33.9. The summed E-state index contributed by atoms with van der Waals surface area (Å²) in [6, 6.07) is 54.6. The Morgan fingerprint density at radius 2 is 0.705 bits per heavy atom. The predicted octanol–water partition coefficient (Wildman–Crippen LogP) is 10.3. The molecule has 0 bridgehead atoms. The summed E-state index contributed by atoms with van der Waals surface area (Å²) in [5, 5.41) is 34.9. The average molecular weight is 1450 g/mol. The monoisotopic (exact) mass is 1450 g/mol. The first-order valence-corrected chi connectivity index (χ1v) is 33.9. The molecule has 2 aliphatic heterocycles. The number of carbonyl (C=O) groups excluding carboxylic acids is 5. The predicted molar refractivity (Wildman–Crippen MR) is 372 cm³/mol. The van der Waals surface area contributed by atoms with Crippen LogP contribution in [0.3, 0.4) is 0 Å². The number of quaternary nitrogens is 2. The van der Waals surface area contributed by atoms with Crippen LogP contribution in [-0.4, -0.2) is 140 Å². The molecule has 0 saturated carbocycles. The van der Waals surface area contributed by atoms with Gasteiger partial charge in [-0.2, -0.15) is 0 Å². The number of esters is 2. The van der Waals surface area contributed by atoms with Gasteiger partial charge in [0.15, 0.2) is 0 Å². The van der Waals surface area contributed by atoms with Crippen molar-refractivity contribution < 1.29 is 81.7 Å². The molecule has 0 unspecified atom stereocenters. The summed E-state index contributed by atoms with van der Waals surface area (Å²) in [5.41, 5.74) is -0.341. The summed E-state index contributed by atoms with van der Waals surface area (Å²) in [4.78, 5) is 68.3. The summed E-state index contributed by atoms with van der Waals surface area (Å²) in [5.74, 6) is -1.43. The molecule has 14 nitrogen and oxygen atoms in total. The largest absolute Gasteiger partial charge is 1.00 e. The lowest BCUT2D eigenvalue weighted by Gasteiger charge is -2.48. The molecule has 2 fully saturated rings. The Bertz CT molecular complexity index is 3110. The zero-order valence-corrected chi connectivity index (χ0v) is 61.9. The van der Waals surface area contributed by atoms with E-state index in [4.69, 9.17) is 32.7 Å². The molecule has 0 radical (unpaired) electrons. The molecule has 8 rings (SSSR count). The van der Waals surface area contributed by atoms with E-state index in [0.717, 1.165) is 33.4 Å². The van der Waals surface area contributed by atoms with Crippen LogP contribution in [0.25, 0.3) is 0 Å². The summed E-state index contributed by atoms with van der Waals surface area (Å²) in [7, 11) is 7.20. The lowest BCUT2D eigenvalue weighted by Crippen LogP contribution is -3.00. The normalized spacial score (nSPS) is 19.8. The fraction of sp³-hybridized carbons (Fsp3) is 0.474. The van der Waals surface area contributed by atoms with E-state index in [1.54, 1.807) is 76.1 Å². The van der Waals surface area contributed by atoms with Crippen LogP contribution in [0.5, 0.6) is 0 Å². The van der Waals surface area contributed by atoms with E-state index >= 15 is 0 Å². The number of carboxylic acid groups (broad SMARTS) is 1. The Kier molecular flexibility index (Phi) is 28.3. The number of halogens is 3. The maximum Gasteiger partial charge on any atom is 0.315 e. The minimum atomic E-state index is -1.01. The van der Waals surface area contributed by atoms with Gasteiger partial charge in [-0.1, -0.05) is 203 Å². The minimum absolute atomic E-state index is 0. The summed E-state index contributed by atoms with van der Waals surface area (Å²) < 4.78 is 13.0. The van der Waals surface area contributed by atoms with Crippen molar-refractivity contribution in [3.8, 4) is 0 Å². The van der Waals surface area contributed by atoms with Crippen molar-refractivity contribution in [2.24, 2.45) is 16.2 Å². The number of carboxylic acids is 1. The minimum Gasteiger partial charge on any atom is -1.00 e. The Morgan fingerprint density at radius 3 is 0.916 bits per heavy atom. The molecule has 2 heterocycles. The molecule has 6 aromatic rings. The van der Waals surface area contributed by atoms with Crippen LogP contribution in [0.4, 0.5) is 0 Å². The number of carbonyl (C=O) groups is 5. The first kappa shape index (κ1) is 79.5. The molecule has 0 spiro atoms. The fourth-order valence-electron chi connectivity index (χ4n) is 12.4. The summed E-state index contributed by atoms with van der Waals surface area (Å²) >= 11 is 12.3. The molecule has 95 heavy (non-hydrogen) atoms. The van der Waals surface area contributed by atoms with E-state index in [-0.39, 0.29) is 61.2 Å². The van der Waals surface area contributed by atoms with Gasteiger partial charge in [-0.25, -0.2) is 0 Å². The number of piperidine rings is 2.